The third-order valence-electron chi connectivity index (χ3n) is 4.40. The van der Waals surface area contributed by atoms with Crippen molar-refractivity contribution in [3.05, 3.63) is 59.7 Å². The molecular weight excluding hydrogens is 328 g/mol. The summed E-state index contributed by atoms with van der Waals surface area (Å²) < 4.78 is 5.43. The molecule has 0 bridgehead atoms. The van der Waals surface area contributed by atoms with Gasteiger partial charge in [0.2, 0.25) is 11.8 Å². The maximum atomic E-state index is 12.3. The van der Waals surface area contributed by atoms with E-state index in [-0.39, 0.29) is 17.9 Å². The maximum Gasteiger partial charge on any atom is 0.229 e. The summed E-state index contributed by atoms with van der Waals surface area (Å²) in [5.74, 6) is 0.753. The molecule has 1 saturated heterocycles. The summed E-state index contributed by atoms with van der Waals surface area (Å²) in [5.41, 5.74) is 2.94. The van der Waals surface area contributed by atoms with Crippen molar-refractivity contribution in [2.24, 2.45) is 0 Å². The predicted molar refractivity (Wildman–Crippen MR) is 101 cm³/mol. The molecule has 0 spiro atoms. The van der Waals surface area contributed by atoms with Crippen LogP contribution in [0.15, 0.2) is 48.5 Å². The van der Waals surface area contributed by atoms with Crippen LogP contribution in [-0.2, 0) is 16.0 Å². The van der Waals surface area contributed by atoms with Crippen molar-refractivity contribution < 1.29 is 14.3 Å². The molecule has 1 N–H and O–H groups in total. The third-order valence-corrected chi connectivity index (χ3v) is 4.40. The molecule has 0 saturated carbocycles. The molecule has 0 radical (unpaired) electrons. The lowest BCUT2D eigenvalue weighted by atomic mass is 10.1. The minimum Gasteiger partial charge on any atom is -0.494 e. The van der Waals surface area contributed by atoms with Gasteiger partial charge in [-0.3, -0.25) is 9.59 Å². The summed E-state index contributed by atoms with van der Waals surface area (Å²) in [6.07, 6.45) is 0.655. The summed E-state index contributed by atoms with van der Waals surface area (Å²) >= 11 is 0. The number of hydrogen-bond donors (Lipinski definition) is 1. The van der Waals surface area contributed by atoms with Gasteiger partial charge in [-0.2, -0.15) is 0 Å². The van der Waals surface area contributed by atoms with E-state index in [0.717, 1.165) is 22.6 Å². The minimum absolute atomic E-state index is 0.0232. The number of benzene rings is 2. The van der Waals surface area contributed by atoms with E-state index in [2.05, 4.69) is 5.32 Å². The van der Waals surface area contributed by atoms with E-state index in [1.54, 1.807) is 4.90 Å². The quantitative estimate of drug-likeness (QED) is 0.870. The van der Waals surface area contributed by atoms with Gasteiger partial charge in [0, 0.05) is 18.7 Å². The van der Waals surface area contributed by atoms with Crippen LogP contribution in [0.25, 0.3) is 0 Å². The Bertz CT molecular complexity index is 786. The van der Waals surface area contributed by atoms with E-state index in [1.165, 1.54) is 0 Å². The molecule has 0 aromatic heterocycles. The van der Waals surface area contributed by atoms with E-state index in [4.69, 9.17) is 4.74 Å². The molecule has 3 rings (SSSR count). The van der Waals surface area contributed by atoms with Crippen LogP contribution in [0.1, 0.15) is 24.5 Å². The normalized spacial score (nSPS) is 16.6. The van der Waals surface area contributed by atoms with Crippen LogP contribution in [0.5, 0.6) is 5.75 Å². The first kappa shape index (κ1) is 18.0. The molecule has 1 aliphatic heterocycles. The molecule has 5 heteroatoms. The number of carbonyl (C=O) groups is 2. The monoisotopic (exact) mass is 352 g/mol. The van der Waals surface area contributed by atoms with Crippen LogP contribution in [0, 0.1) is 6.92 Å². The van der Waals surface area contributed by atoms with Crippen molar-refractivity contribution in [2.45, 2.75) is 32.7 Å². The van der Waals surface area contributed by atoms with Gasteiger partial charge in [-0.1, -0.05) is 29.8 Å². The van der Waals surface area contributed by atoms with Gasteiger partial charge in [-0.25, -0.2) is 0 Å². The molecule has 136 valence electrons. The number of anilines is 1. The number of amides is 2. The fourth-order valence-corrected chi connectivity index (χ4v) is 3.23. The SMILES string of the molecule is CCOc1ccc(N2C[C@H](NC(=O)Cc3cccc(C)c3)CC2=O)cc1. The summed E-state index contributed by atoms with van der Waals surface area (Å²) in [4.78, 5) is 26.3. The Morgan fingerprint density at radius 3 is 2.69 bits per heavy atom. The zero-order valence-electron chi connectivity index (χ0n) is 15.2. The Morgan fingerprint density at radius 1 is 1.23 bits per heavy atom. The van der Waals surface area contributed by atoms with E-state index in [0.29, 0.717) is 26.0 Å². The van der Waals surface area contributed by atoms with Crippen LogP contribution < -0.4 is 15.0 Å². The van der Waals surface area contributed by atoms with Gasteiger partial charge >= 0.3 is 0 Å². The highest BCUT2D eigenvalue weighted by atomic mass is 16.5. The first-order valence-corrected chi connectivity index (χ1v) is 8.93. The second kappa shape index (κ2) is 8.04. The zero-order chi connectivity index (χ0) is 18.5. The van der Waals surface area contributed by atoms with E-state index >= 15 is 0 Å². The van der Waals surface area contributed by atoms with Crippen molar-refractivity contribution in [3.63, 3.8) is 0 Å². The average molecular weight is 352 g/mol. The number of carbonyl (C=O) groups excluding carboxylic acids is 2. The molecule has 26 heavy (non-hydrogen) atoms. The smallest absolute Gasteiger partial charge is 0.229 e. The second-order valence-corrected chi connectivity index (χ2v) is 6.57. The molecule has 2 aromatic rings. The van der Waals surface area contributed by atoms with E-state index in [1.807, 2.05) is 62.4 Å². The molecule has 1 heterocycles. The number of hydrogen-bond acceptors (Lipinski definition) is 3. The van der Waals surface area contributed by atoms with Gasteiger partial charge in [-0.05, 0) is 43.7 Å². The second-order valence-electron chi connectivity index (χ2n) is 6.57. The van der Waals surface area contributed by atoms with Crippen LogP contribution in [0.2, 0.25) is 0 Å². The number of rotatable bonds is 6. The highest BCUT2D eigenvalue weighted by Crippen LogP contribution is 2.24. The van der Waals surface area contributed by atoms with Crippen molar-refractivity contribution >= 4 is 17.5 Å². The Labute approximate surface area is 154 Å². The molecule has 0 aliphatic carbocycles. The van der Waals surface area contributed by atoms with Crippen molar-refractivity contribution in [1.82, 2.24) is 5.32 Å². The highest BCUT2D eigenvalue weighted by Gasteiger charge is 2.31. The van der Waals surface area contributed by atoms with Crippen molar-refractivity contribution in [3.8, 4) is 5.75 Å². The van der Waals surface area contributed by atoms with Crippen LogP contribution in [0.4, 0.5) is 5.69 Å². The maximum absolute atomic E-state index is 12.3. The highest BCUT2D eigenvalue weighted by molar-refractivity contribution is 5.97. The molecule has 5 nitrogen and oxygen atoms in total. The lowest BCUT2D eigenvalue weighted by Crippen LogP contribution is -2.38. The van der Waals surface area contributed by atoms with E-state index in [9.17, 15) is 9.59 Å². The summed E-state index contributed by atoms with van der Waals surface area (Å²) in [6.45, 7) is 5.04. The Balaban J connectivity index is 1.58. The van der Waals surface area contributed by atoms with Crippen LogP contribution in [0.3, 0.4) is 0 Å². The lowest BCUT2D eigenvalue weighted by molar-refractivity contribution is -0.121. The fraction of sp³-hybridized carbons (Fsp3) is 0.333. The number of ether oxygens (including phenoxy) is 1. The van der Waals surface area contributed by atoms with Gasteiger partial charge in [0.05, 0.1) is 19.1 Å². The molecule has 2 aromatic carbocycles. The third kappa shape index (κ3) is 4.42. The van der Waals surface area contributed by atoms with E-state index < -0.39 is 0 Å². The molecule has 0 unspecified atom stereocenters. The molecule has 1 atom stereocenters. The predicted octanol–water partition coefficient (Wildman–Crippen LogP) is 2.86. The Morgan fingerprint density at radius 2 is 2.00 bits per heavy atom. The van der Waals surface area contributed by atoms with Crippen LogP contribution in [-0.4, -0.2) is 31.0 Å². The number of nitrogens with zero attached hydrogens (tertiary/aromatic N) is 1. The van der Waals surface area contributed by atoms with Gasteiger partial charge < -0.3 is 15.0 Å². The van der Waals surface area contributed by atoms with Crippen LogP contribution >= 0.6 is 0 Å². The Kier molecular flexibility index (Phi) is 5.56. The summed E-state index contributed by atoms with van der Waals surface area (Å²) in [7, 11) is 0. The topological polar surface area (TPSA) is 58.6 Å². The number of aryl methyl sites for hydroxylation is 1. The molecular formula is C21H24N2O3. The lowest BCUT2D eigenvalue weighted by Gasteiger charge is -2.18. The van der Waals surface area contributed by atoms with Gasteiger partial charge in [0.1, 0.15) is 5.75 Å². The Hall–Kier alpha value is -2.82. The standard InChI is InChI=1S/C21H24N2O3/c1-3-26-19-9-7-18(8-10-19)23-14-17(13-21(23)25)22-20(24)12-16-6-4-5-15(2)11-16/h4-11,17H,3,12-14H2,1-2H3,(H,22,24)/t17-/m1/s1. The first-order valence-electron chi connectivity index (χ1n) is 8.93. The molecule has 1 aliphatic rings. The zero-order valence-corrected chi connectivity index (χ0v) is 15.2. The van der Waals surface area contributed by atoms with Crippen molar-refractivity contribution in [2.75, 3.05) is 18.1 Å². The van der Waals surface area contributed by atoms with Gasteiger partial charge in [-0.15, -0.1) is 0 Å². The van der Waals surface area contributed by atoms with Crippen molar-refractivity contribution in [1.29, 1.82) is 0 Å². The summed E-state index contributed by atoms with van der Waals surface area (Å²) in [5, 5.41) is 2.98. The molecule has 2 amide bonds. The average Bonchev–Trinajstić information content (AvgIpc) is 2.96. The first-order chi connectivity index (χ1) is 12.5. The minimum atomic E-state index is -0.161. The fourth-order valence-electron chi connectivity index (χ4n) is 3.23. The molecule has 1 fully saturated rings. The van der Waals surface area contributed by atoms with Gasteiger partial charge in [0.25, 0.3) is 0 Å². The number of nitrogens with one attached hydrogen (secondary N) is 1. The summed E-state index contributed by atoms with van der Waals surface area (Å²) in [6, 6.07) is 15.2. The van der Waals surface area contributed by atoms with Gasteiger partial charge in [0.15, 0.2) is 0 Å². The largest absolute Gasteiger partial charge is 0.494 e.